The molecule has 1 aromatic rings. The highest BCUT2D eigenvalue weighted by Gasteiger charge is 2.24. The van der Waals surface area contributed by atoms with Crippen LogP contribution in [0.5, 0.6) is 0 Å². The van der Waals surface area contributed by atoms with Crippen LogP contribution in [0.15, 0.2) is 18.5 Å². The number of likely N-dealkylation sites (N-methyl/N-ethyl adjacent to an activating group) is 1. The number of rotatable bonds is 5. The van der Waals surface area contributed by atoms with Gasteiger partial charge in [-0.1, -0.05) is 6.92 Å². The van der Waals surface area contributed by atoms with Crippen LogP contribution < -0.4 is 10.2 Å². The summed E-state index contributed by atoms with van der Waals surface area (Å²) in [4.78, 5) is 30.3. The van der Waals surface area contributed by atoms with E-state index < -0.39 is 0 Å². The molecule has 2 fully saturated rings. The van der Waals surface area contributed by atoms with Crippen LogP contribution in [0, 0.1) is 0 Å². The molecule has 0 aromatic carbocycles. The number of carbonyl (C=O) groups is 1. The lowest BCUT2D eigenvalue weighted by atomic mass is 10.1. The van der Waals surface area contributed by atoms with Crippen LogP contribution in [0.1, 0.15) is 19.8 Å². The Hall–Kier alpha value is -1.93. The van der Waals surface area contributed by atoms with Crippen molar-refractivity contribution in [1.82, 2.24) is 30.0 Å². The minimum absolute atomic E-state index is 0.0541. The zero-order chi connectivity index (χ0) is 19.1. The molecule has 27 heavy (non-hydrogen) atoms. The standard InChI is InChI=1S/C19H33N7O/c1-3-17(24-12-10-23(2)11-13-24)16-22-19(27)26-9-5-8-25(14-15-26)18-20-6-4-7-21-18/h4,6-7,17H,3,5,8-16H2,1-2H3,(H,22,27)/t17-/m0/s1. The van der Waals surface area contributed by atoms with E-state index in [1.165, 1.54) is 0 Å². The number of nitrogens with zero attached hydrogens (tertiary/aromatic N) is 6. The Balaban J connectivity index is 1.46. The van der Waals surface area contributed by atoms with E-state index >= 15 is 0 Å². The SMILES string of the molecule is CC[C@@H](CNC(=O)N1CCCN(c2ncccn2)CC1)N1CCN(C)CC1. The molecule has 1 atom stereocenters. The van der Waals surface area contributed by atoms with Gasteiger partial charge in [-0.3, -0.25) is 4.90 Å². The highest BCUT2D eigenvalue weighted by atomic mass is 16.2. The number of urea groups is 1. The number of piperazine rings is 1. The molecule has 2 amide bonds. The average Bonchev–Trinajstić information content (AvgIpc) is 2.96. The second-order valence-electron chi connectivity index (χ2n) is 7.46. The third-order valence-corrected chi connectivity index (χ3v) is 5.63. The van der Waals surface area contributed by atoms with Gasteiger partial charge in [0.25, 0.3) is 0 Å². The number of hydrogen-bond acceptors (Lipinski definition) is 6. The fourth-order valence-electron chi connectivity index (χ4n) is 3.81. The molecule has 0 aliphatic carbocycles. The predicted molar refractivity (Wildman–Crippen MR) is 107 cm³/mol. The summed E-state index contributed by atoms with van der Waals surface area (Å²) < 4.78 is 0. The first-order valence-electron chi connectivity index (χ1n) is 10.1. The summed E-state index contributed by atoms with van der Waals surface area (Å²) in [6.07, 6.45) is 5.52. The fraction of sp³-hybridized carbons (Fsp3) is 0.737. The molecule has 0 spiro atoms. The van der Waals surface area contributed by atoms with Crippen molar-refractivity contribution in [2.45, 2.75) is 25.8 Å². The number of aromatic nitrogens is 2. The monoisotopic (exact) mass is 375 g/mol. The minimum Gasteiger partial charge on any atom is -0.339 e. The topological polar surface area (TPSA) is 67.8 Å². The molecular weight excluding hydrogens is 342 g/mol. The summed E-state index contributed by atoms with van der Waals surface area (Å²) in [5.74, 6) is 0.751. The van der Waals surface area contributed by atoms with Gasteiger partial charge >= 0.3 is 6.03 Å². The first kappa shape index (κ1) is 19.8. The van der Waals surface area contributed by atoms with Gasteiger partial charge in [0.2, 0.25) is 5.95 Å². The Labute approximate surface area is 162 Å². The maximum atomic E-state index is 12.7. The zero-order valence-electron chi connectivity index (χ0n) is 16.7. The van der Waals surface area contributed by atoms with Crippen LogP contribution in [-0.2, 0) is 0 Å². The molecule has 2 saturated heterocycles. The Kier molecular flexibility index (Phi) is 7.23. The zero-order valence-corrected chi connectivity index (χ0v) is 16.7. The van der Waals surface area contributed by atoms with Crippen LogP contribution in [0.3, 0.4) is 0 Å². The van der Waals surface area contributed by atoms with E-state index in [1.54, 1.807) is 12.4 Å². The molecule has 0 saturated carbocycles. The normalized spacial score (nSPS) is 21.0. The van der Waals surface area contributed by atoms with Gasteiger partial charge in [-0.2, -0.15) is 0 Å². The highest BCUT2D eigenvalue weighted by Crippen LogP contribution is 2.11. The van der Waals surface area contributed by atoms with E-state index in [-0.39, 0.29) is 6.03 Å². The van der Waals surface area contributed by atoms with Crippen molar-refractivity contribution >= 4 is 12.0 Å². The van der Waals surface area contributed by atoms with Gasteiger partial charge in [0.05, 0.1) is 0 Å². The van der Waals surface area contributed by atoms with Crippen molar-refractivity contribution in [2.75, 3.05) is 70.9 Å². The summed E-state index contributed by atoms with van der Waals surface area (Å²) in [5, 5.41) is 3.18. The molecule has 150 valence electrons. The molecule has 2 aliphatic heterocycles. The van der Waals surface area contributed by atoms with Crippen molar-refractivity contribution in [3.63, 3.8) is 0 Å². The largest absolute Gasteiger partial charge is 0.339 e. The molecule has 0 unspecified atom stereocenters. The van der Waals surface area contributed by atoms with Gasteiger partial charge in [0, 0.05) is 77.3 Å². The van der Waals surface area contributed by atoms with Gasteiger partial charge in [-0.15, -0.1) is 0 Å². The molecule has 1 aromatic heterocycles. The average molecular weight is 376 g/mol. The van der Waals surface area contributed by atoms with Crippen molar-refractivity contribution in [3.8, 4) is 0 Å². The molecule has 1 N–H and O–H groups in total. The quantitative estimate of drug-likeness (QED) is 0.818. The first-order chi connectivity index (χ1) is 13.2. The first-order valence-corrected chi connectivity index (χ1v) is 10.1. The third-order valence-electron chi connectivity index (χ3n) is 5.63. The van der Waals surface area contributed by atoms with Crippen molar-refractivity contribution in [1.29, 1.82) is 0 Å². The van der Waals surface area contributed by atoms with Gasteiger partial charge in [0.15, 0.2) is 0 Å². The van der Waals surface area contributed by atoms with Gasteiger partial charge in [-0.05, 0) is 26.0 Å². The molecule has 3 rings (SSSR count). The number of nitrogens with one attached hydrogen (secondary N) is 1. The maximum absolute atomic E-state index is 12.7. The predicted octanol–water partition coefficient (Wildman–Crippen LogP) is 0.724. The lowest BCUT2D eigenvalue weighted by molar-refractivity contribution is 0.107. The number of hydrogen-bond donors (Lipinski definition) is 1. The second kappa shape index (κ2) is 9.85. The van der Waals surface area contributed by atoms with E-state index in [0.717, 1.165) is 71.1 Å². The Morgan fingerprint density at radius 2 is 1.81 bits per heavy atom. The Bertz CT molecular complexity index is 577. The smallest absolute Gasteiger partial charge is 0.317 e. The Morgan fingerprint density at radius 1 is 1.07 bits per heavy atom. The lowest BCUT2D eigenvalue weighted by Crippen LogP contribution is -2.53. The highest BCUT2D eigenvalue weighted by molar-refractivity contribution is 5.74. The summed E-state index contributed by atoms with van der Waals surface area (Å²) in [6, 6.07) is 2.30. The number of amides is 2. The molecule has 2 aliphatic rings. The van der Waals surface area contributed by atoms with E-state index in [2.05, 4.69) is 44.0 Å². The van der Waals surface area contributed by atoms with Crippen molar-refractivity contribution < 1.29 is 4.79 Å². The third kappa shape index (κ3) is 5.52. The maximum Gasteiger partial charge on any atom is 0.317 e. The summed E-state index contributed by atoms with van der Waals surface area (Å²) >= 11 is 0. The van der Waals surface area contributed by atoms with E-state index in [1.807, 2.05) is 11.0 Å². The summed E-state index contributed by atoms with van der Waals surface area (Å²) in [5.41, 5.74) is 0. The van der Waals surface area contributed by atoms with E-state index in [0.29, 0.717) is 12.6 Å². The van der Waals surface area contributed by atoms with Crippen molar-refractivity contribution in [3.05, 3.63) is 18.5 Å². The second-order valence-corrected chi connectivity index (χ2v) is 7.46. The fourth-order valence-corrected chi connectivity index (χ4v) is 3.81. The minimum atomic E-state index is 0.0541. The van der Waals surface area contributed by atoms with E-state index in [4.69, 9.17) is 0 Å². The summed E-state index contributed by atoms with van der Waals surface area (Å²) in [7, 11) is 2.17. The van der Waals surface area contributed by atoms with Crippen molar-refractivity contribution in [2.24, 2.45) is 0 Å². The number of carbonyl (C=O) groups excluding carboxylic acids is 1. The van der Waals surface area contributed by atoms with Crippen LogP contribution >= 0.6 is 0 Å². The van der Waals surface area contributed by atoms with Gasteiger partial charge < -0.3 is 20.0 Å². The molecule has 3 heterocycles. The summed E-state index contributed by atoms with van der Waals surface area (Å²) in [6.45, 7) is 10.4. The Morgan fingerprint density at radius 3 is 2.52 bits per heavy atom. The lowest BCUT2D eigenvalue weighted by Gasteiger charge is -2.38. The molecule has 0 radical (unpaired) electrons. The van der Waals surface area contributed by atoms with Crippen LogP contribution in [0.25, 0.3) is 0 Å². The number of anilines is 1. The van der Waals surface area contributed by atoms with Crippen LogP contribution in [0.4, 0.5) is 10.7 Å². The van der Waals surface area contributed by atoms with Gasteiger partial charge in [0.1, 0.15) is 0 Å². The van der Waals surface area contributed by atoms with Gasteiger partial charge in [-0.25, -0.2) is 14.8 Å². The molecule has 8 nitrogen and oxygen atoms in total. The molecule has 0 bridgehead atoms. The van der Waals surface area contributed by atoms with Crippen LogP contribution in [0.2, 0.25) is 0 Å². The molecule has 8 heteroatoms. The van der Waals surface area contributed by atoms with Crippen LogP contribution in [-0.4, -0.2) is 103 Å². The van der Waals surface area contributed by atoms with E-state index in [9.17, 15) is 4.79 Å². The molecular formula is C19H33N7O.